The van der Waals surface area contributed by atoms with E-state index < -0.39 is 22.2 Å². The van der Waals surface area contributed by atoms with E-state index in [-0.39, 0.29) is 6.04 Å². The van der Waals surface area contributed by atoms with E-state index in [1.807, 2.05) is 60.7 Å². The molecule has 5 heteroatoms. The Bertz CT molecular complexity index is 651. The number of nitrogens with one attached hydrogen (secondary N) is 1. The van der Waals surface area contributed by atoms with Gasteiger partial charge in [0, 0.05) is 6.04 Å². The van der Waals surface area contributed by atoms with Crippen LogP contribution in [-0.2, 0) is 9.72 Å². The van der Waals surface area contributed by atoms with Crippen molar-refractivity contribution in [2.45, 2.75) is 63.8 Å². The van der Waals surface area contributed by atoms with Gasteiger partial charge in [-0.15, -0.1) is 0 Å². The number of hydrogen-bond acceptors (Lipinski definition) is 3. The lowest BCUT2D eigenvalue weighted by Gasteiger charge is -2.35. The van der Waals surface area contributed by atoms with Gasteiger partial charge in [-0.1, -0.05) is 60.7 Å². The molecule has 1 aliphatic rings. The van der Waals surface area contributed by atoms with Gasteiger partial charge in [0.05, 0.1) is 0 Å². The SMILES string of the molecule is C[Si](C)(C)O[Si](C)(C)C.OC(c1ccccc1)(c1ccccc1)C1CCCN1. The number of aliphatic hydroxyl groups is 1. The summed E-state index contributed by atoms with van der Waals surface area (Å²) in [7, 11) is -2.46. The first-order chi connectivity index (χ1) is 13.0. The Morgan fingerprint density at radius 2 is 1.25 bits per heavy atom. The smallest absolute Gasteiger partial charge is 0.170 e. The van der Waals surface area contributed by atoms with Crippen molar-refractivity contribution in [3.8, 4) is 0 Å². The van der Waals surface area contributed by atoms with E-state index in [1.54, 1.807) is 0 Å². The van der Waals surface area contributed by atoms with Gasteiger partial charge in [-0.3, -0.25) is 0 Å². The van der Waals surface area contributed by atoms with Crippen LogP contribution in [0.1, 0.15) is 24.0 Å². The van der Waals surface area contributed by atoms with Gasteiger partial charge in [-0.05, 0) is 69.8 Å². The molecule has 0 bridgehead atoms. The fourth-order valence-corrected chi connectivity index (χ4v) is 11.3. The van der Waals surface area contributed by atoms with E-state index in [0.717, 1.165) is 30.5 Å². The molecule has 0 saturated carbocycles. The van der Waals surface area contributed by atoms with E-state index in [2.05, 4.69) is 44.6 Å². The molecule has 1 fully saturated rings. The molecule has 1 heterocycles. The Hall–Kier alpha value is -1.25. The second kappa shape index (κ2) is 9.50. The molecule has 0 radical (unpaired) electrons. The lowest BCUT2D eigenvalue weighted by atomic mass is 9.79. The van der Waals surface area contributed by atoms with E-state index in [9.17, 15) is 5.11 Å². The van der Waals surface area contributed by atoms with Gasteiger partial charge in [0.25, 0.3) is 0 Å². The molecule has 3 rings (SSSR count). The van der Waals surface area contributed by atoms with Crippen molar-refractivity contribution in [1.82, 2.24) is 5.32 Å². The Morgan fingerprint density at radius 1 is 0.821 bits per heavy atom. The van der Waals surface area contributed by atoms with Crippen LogP contribution in [0.4, 0.5) is 0 Å². The fourth-order valence-electron chi connectivity index (χ4n) is 3.91. The molecule has 28 heavy (non-hydrogen) atoms. The van der Waals surface area contributed by atoms with Crippen LogP contribution < -0.4 is 5.32 Å². The molecule has 2 N–H and O–H groups in total. The van der Waals surface area contributed by atoms with Crippen LogP contribution in [0.2, 0.25) is 39.3 Å². The third-order valence-electron chi connectivity index (χ3n) is 4.60. The van der Waals surface area contributed by atoms with Crippen LogP contribution in [0.5, 0.6) is 0 Å². The van der Waals surface area contributed by atoms with Crippen LogP contribution in [0.15, 0.2) is 60.7 Å². The first-order valence-corrected chi connectivity index (χ1v) is 17.1. The lowest BCUT2D eigenvalue weighted by Crippen LogP contribution is -2.46. The molecule has 1 saturated heterocycles. The van der Waals surface area contributed by atoms with Crippen molar-refractivity contribution < 1.29 is 9.22 Å². The van der Waals surface area contributed by atoms with Crippen molar-refractivity contribution in [3.63, 3.8) is 0 Å². The van der Waals surface area contributed by atoms with E-state index >= 15 is 0 Å². The first kappa shape index (κ1) is 23.0. The maximum Gasteiger partial charge on any atom is 0.170 e. The fraction of sp³-hybridized carbons (Fsp3) is 0.478. The standard InChI is InChI=1S/C17H19NO.C6H18OSi2/c19-17(16-12-7-13-18-16,14-8-3-1-4-9-14)15-10-5-2-6-11-15;1-8(2,3)7-9(4,5)6/h1-6,8-11,16,18-19H,7,12-13H2;1-6H3. The normalized spacial score (nSPS) is 17.8. The average molecular weight is 416 g/mol. The Kier molecular flexibility index (Phi) is 7.82. The highest BCUT2D eigenvalue weighted by atomic mass is 28.4. The molecule has 2 aromatic rings. The van der Waals surface area contributed by atoms with E-state index in [1.165, 1.54) is 0 Å². The molecule has 1 atom stereocenters. The van der Waals surface area contributed by atoms with Crippen molar-refractivity contribution >= 4 is 16.6 Å². The van der Waals surface area contributed by atoms with Crippen molar-refractivity contribution in [1.29, 1.82) is 0 Å². The van der Waals surface area contributed by atoms with Gasteiger partial charge >= 0.3 is 0 Å². The highest BCUT2D eigenvalue weighted by molar-refractivity contribution is 6.83. The van der Waals surface area contributed by atoms with E-state index in [0.29, 0.717) is 0 Å². The summed E-state index contributed by atoms with van der Waals surface area (Å²) in [5.74, 6) is 0. The third-order valence-corrected chi connectivity index (χ3v) is 9.50. The zero-order valence-electron chi connectivity index (χ0n) is 18.3. The second-order valence-corrected chi connectivity index (χ2v) is 18.7. The molecule has 0 aromatic heterocycles. The zero-order chi connectivity index (χ0) is 20.8. The van der Waals surface area contributed by atoms with Gasteiger partial charge in [-0.25, -0.2) is 0 Å². The van der Waals surface area contributed by atoms with Gasteiger partial charge in [0.1, 0.15) is 5.60 Å². The monoisotopic (exact) mass is 415 g/mol. The molecule has 154 valence electrons. The number of rotatable bonds is 5. The zero-order valence-corrected chi connectivity index (χ0v) is 20.3. The van der Waals surface area contributed by atoms with Gasteiger partial charge in [0.15, 0.2) is 16.6 Å². The highest BCUT2D eigenvalue weighted by Gasteiger charge is 2.41. The van der Waals surface area contributed by atoms with Crippen LogP contribution in [0.3, 0.4) is 0 Å². The van der Waals surface area contributed by atoms with Gasteiger partial charge in [-0.2, -0.15) is 0 Å². The predicted octanol–water partition coefficient (Wildman–Crippen LogP) is 5.35. The second-order valence-electron chi connectivity index (χ2n) is 9.47. The van der Waals surface area contributed by atoms with E-state index in [4.69, 9.17) is 4.12 Å². The Labute approximate surface area is 173 Å². The molecule has 1 aliphatic heterocycles. The van der Waals surface area contributed by atoms with Crippen LogP contribution in [-0.4, -0.2) is 34.3 Å². The molecular formula is C23H37NO2Si2. The molecule has 1 unspecified atom stereocenters. The topological polar surface area (TPSA) is 41.5 Å². The van der Waals surface area contributed by atoms with Crippen LogP contribution in [0, 0.1) is 0 Å². The average Bonchev–Trinajstić information content (AvgIpc) is 3.15. The molecule has 0 amide bonds. The number of benzene rings is 2. The Balaban J connectivity index is 0.000000266. The minimum atomic E-state index is -1.23. The minimum Gasteiger partial charge on any atom is -0.456 e. The summed E-state index contributed by atoms with van der Waals surface area (Å²) < 4.78 is 5.90. The number of hydrogen-bond donors (Lipinski definition) is 2. The summed E-state index contributed by atoms with van der Waals surface area (Å²) in [4.78, 5) is 0. The maximum atomic E-state index is 11.4. The summed E-state index contributed by atoms with van der Waals surface area (Å²) in [6.45, 7) is 14.4. The molecule has 3 nitrogen and oxygen atoms in total. The summed E-state index contributed by atoms with van der Waals surface area (Å²) >= 11 is 0. The van der Waals surface area contributed by atoms with Crippen molar-refractivity contribution in [2.75, 3.05) is 6.54 Å². The molecule has 2 aromatic carbocycles. The summed E-state index contributed by atoms with van der Waals surface area (Å²) in [5, 5.41) is 14.8. The minimum absolute atomic E-state index is 0.0808. The summed E-state index contributed by atoms with van der Waals surface area (Å²) in [6, 6.07) is 20.0. The molecular weight excluding hydrogens is 378 g/mol. The summed E-state index contributed by atoms with van der Waals surface area (Å²) in [6.07, 6.45) is 2.12. The maximum absolute atomic E-state index is 11.4. The predicted molar refractivity (Wildman–Crippen MR) is 125 cm³/mol. The van der Waals surface area contributed by atoms with Gasteiger partial charge in [0.2, 0.25) is 0 Å². The molecule has 0 aliphatic carbocycles. The molecule has 0 spiro atoms. The third kappa shape index (κ3) is 6.67. The van der Waals surface area contributed by atoms with Crippen molar-refractivity contribution in [2.24, 2.45) is 0 Å². The van der Waals surface area contributed by atoms with Crippen LogP contribution >= 0.6 is 0 Å². The lowest BCUT2D eigenvalue weighted by molar-refractivity contribution is 0.0442. The Morgan fingerprint density at radius 3 is 1.54 bits per heavy atom. The highest BCUT2D eigenvalue weighted by Crippen LogP contribution is 2.36. The quantitative estimate of drug-likeness (QED) is 0.647. The summed E-state index contributed by atoms with van der Waals surface area (Å²) in [5.41, 5.74) is 0.972. The first-order valence-electron chi connectivity index (χ1n) is 10.3. The van der Waals surface area contributed by atoms with Gasteiger partial charge < -0.3 is 14.5 Å². The van der Waals surface area contributed by atoms with Crippen LogP contribution in [0.25, 0.3) is 0 Å². The largest absolute Gasteiger partial charge is 0.456 e. The van der Waals surface area contributed by atoms with Crippen molar-refractivity contribution in [3.05, 3.63) is 71.8 Å².